The number of benzene rings is 1. The lowest BCUT2D eigenvalue weighted by atomic mass is 10.1. The smallest absolute Gasteiger partial charge is 0.290 e. The molecule has 0 unspecified atom stereocenters. The van der Waals surface area contributed by atoms with Crippen LogP contribution in [0.2, 0.25) is 0 Å². The van der Waals surface area contributed by atoms with Crippen molar-refractivity contribution in [2.45, 2.75) is 19.5 Å². The monoisotopic (exact) mass is 295 g/mol. The highest BCUT2D eigenvalue weighted by molar-refractivity contribution is 5.91. The van der Waals surface area contributed by atoms with Gasteiger partial charge in [-0.15, -0.1) is 0 Å². The zero-order chi connectivity index (χ0) is 15.4. The molecule has 0 radical (unpaired) electrons. The van der Waals surface area contributed by atoms with E-state index in [0.717, 1.165) is 11.3 Å². The molecule has 3 aromatic rings. The van der Waals surface area contributed by atoms with Crippen LogP contribution in [0.25, 0.3) is 0 Å². The van der Waals surface area contributed by atoms with Gasteiger partial charge in [0.15, 0.2) is 5.76 Å². The van der Waals surface area contributed by atoms with Crippen molar-refractivity contribution in [2.24, 2.45) is 0 Å². The summed E-state index contributed by atoms with van der Waals surface area (Å²) < 4.78 is 10.7. The molecule has 0 bridgehead atoms. The van der Waals surface area contributed by atoms with Crippen molar-refractivity contribution in [3.63, 3.8) is 0 Å². The lowest BCUT2D eigenvalue weighted by Gasteiger charge is -2.28. The SMILES string of the molecule is C[C@H](c1ccccc1)N(Cc1ccco1)C(=O)c1ccco1. The highest BCUT2D eigenvalue weighted by Crippen LogP contribution is 2.24. The molecule has 0 spiro atoms. The zero-order valence-corrected chi connectivity index (χ0v) is 12.3. The van der Waals surface area contributed by atoms with Crippen LogP contribution in [0.15, 0.2) is 76.0 Å². The van der Waals surface area contributed by atoms with Crippen molar-refractivity contribution in [3.8, 4) is 0 Å². The van der Waals surface area contributed by atoms with Gasteiger partial charge in [-0.2, -0.15) is 0 Å². The van der Waals surface area contributed by atoms with Crippen molar-refractivity contribution in [2.75, 3.05) is 0 Å². The normalized spacial score (nSPS) is 12.0. The third-order valence-electron chi connectivity index (χ3n) is 3.65. The van der Waals surface area contributed by atoms with Crippen LogP contribution in [0, 0.1) is 0 Å². The van der Waals surface area contributed by atoms with Gasteiger partial charge in [0.25, 0.3) is 5.91 Å². The van der Waals surface area contributed by atoms with E-state index >= 15 is 0 Å². The Labute approximate surface area is 129 Å². The van der Waals surface area contributed by atoms with Crippen LogP contribution < -0.4 is 0 Å². The summed E-state index contributed by atoms with van der Waals surface area (Å²) in [5, 5.41) is 0. The van der Waals surface area contributed by atoms with Gasteiger partial charge in [0.1, 0.15) is 5.76 Å². The maximum atomic E-state index is 12.7. The number of carbonyl (C=O) groups is 1. The number of furan rings is 2. The van der Waals surface area contributed by atoms with Crippen LogP contribution in [0.4, 0.5) is 0 Å². The molecule has 2 aromatic heterocycles. The van der Waals surface area contributed by atoms with Gasteiger partial charge in [0.2, 0.25) is 0 Å². The molecule has 3 rings (SSSR count). The van der Waals surface area contributed by atoms with Crippen molar-refractivity contribution in [3.05, 3.63) is 84.2 Å². The van der Waals surface area contributed by atoms with Gasteiger partial charge in [0.05, 0.1) is 25.1 Å². The number of amides is 1. The maximum absolute atomic E-state index is 12.7. The second kappa shape index (κ2) is 6.35. The van der Waals surface area contributed by atoms with Crippen LogP contribution in [0.1, 0.15) is 34.8 Å². The molecule has 1 amide bonds. The molecule has 0 saturated carbocycles. The molecule has 1 atom stereocenters. The number of carbonyl (C=O) groups excluding carboxylic acids is 1. The maximum Gasteiger partial charge on any atom is 0.290 e. The largest absolute Gasteiger partial charge is 0.467 e. The quantitative estimate of drug-likeness (QED) is 0.706. The van der Waals surface area contributed by atoms with E-state index in [2.05, 4.69) is 0 Å². The minimum absolute atomic E-state index is 0.0936. The molecule has 0 N–H and O–H groups in total. The average Bonchev–Trinajstić information content (AvgIpc) is 3.25. The molecule has 0 saturated heterocycles. The summed E-state index contributed by atoms with van der Waals surface area (Å²) in [7, 11) is 0. The molecule has 4 nitrogen and oxygen atoms in total. The van der Waals surface area contributed by atoms with E-state index in [1.54, 1.807) is 23.3 Å². The second-order valence-corrected chi connectivity index (χ2v) is 5.08. The van der Waals surface area contributed by atoms with E-state index in [-0.39, 0.29) is 11.9 Å². The van der Waals surface area contributed by atoms with Gasteiger partial charge >= 0.3 is 0 Å². The molecule has 0 aliphatic rings. The van der Waals surface area contributed by atoms with Crippen molar-refractivity contribution < 1.29 is 13.6 Å². The summed E-state index contributed by atoms with van der Waals surface area (Å²) in [5.74, 6) is 0.912. The molecule has 22 heavy (non-hydrogen) atoms. The fraction of sp³-hybridized carbons (Fsp3) is 0.167. The Bertz CT molecular complexity index is 702. The lowest BCUT2D eigenvalue weighted by Crippen LogP contribution is -2.32. The third-order valence-corrected chi connectivity index (χ3v) is 3.65. The first-order valence-electron chi connectivity index (χ1n) is 7.17. The summed E-state index contributed by atoms with van der Waals surface area (Å²) in [5.41, 5.74) is 1.06. The lowest BCUT2D eigenvalue weighted by molar-refractivity contribution is 0.0626. The summed E-state index contributed by atoms with van der Waals surface area (Å²) in [6, 6.07) is 16.9. The molecule has 1 aromatic carbocycles. The molecular weight excluding hydrogens is 278 g/mol. The Hall–Kier alpha value is -2.75. The van der Waals surface area contributed by atoms with E-state index < -0.39 is 0 Å². The van der Waals surface area contributed by atoms with E-state index in [1.165, 1.54) is 6.26 Å². The Morgan fingerprint density at radius 2 is 1.73 bits per heavy atom. The Balaban J connectivity index is 1.90. The molecule has 0 aliphatic heterocycles. The predicted molar refractivity (Wildman–Crippen MR) is 82.1 cm³/mol. The Morgan fingerprint density at radius 1 is 1.00 bits per heavy atom. The Kier molecular flexibility index (Phi) is 4.10. The van der Waals surface area contributed by atoms with Crippen LogP contribution in [-0.4, -0.2) is 10.8 Å². The fourth-order valence-electron chi connectivity index (χ4n) is 2.41. The first-order valence-corrected chi connectivity index (χ1v) is 7.17. The minimum atomic E-state index is -0.155. The van der Waals surface area contributed by atoms with Crippen LogP contribution in [0.3, 0.4) is 0 Å². The second-order valence-electron chi connectivity index (χ2n) is 5.08. The molecule has 2 heterocycles. The van der Waals surface area contributed by atoms with E-state index in [4.69, 9.17) is 8.83 Å². The van der Waals surface area contributed by atoms with Gasteiger partial charge in [-0.25, -0.2) is 0 Å². The number of rotatable bonds is 5. The average molecular weight is 295 g/mol. The van der Waals surface area contributed by atoms with E-state index in [0.29, 0.717) is 12.3 Å². The number of nitrogens with zero attached hydrogens (tertiary/aromatic N) is 1. The summed E-state index contributed by atoms with van der Waals surface area (Å²) in [6.07, 6.45) is 3.11. The first kappa shape index (κ1) is 14.2. The minimum Gasteiger partial charge on any atom is -0.467 e. The highest BCUT2D eigenvalue weighted by Gasteiger charge is 2.25. The first-order chi connectivity index (χ1) is 10.8. The summed E-state index contributed by atoms with van der Waals surface area (Å²) >= 11 is 0. The fourth-order valence-corrected chi connectivity index (χ4v) is 2.41. The third kappa shape index (κ3) is 2.96. The highest BCUT2D eigenvalue weighted by atomic mass is 16.3. The van der Waals surface area contributed by atoms with Gasteiger partial charge in [-0.3, -0.25) is 4.79 Å². The molecule has 4 heteroatoms. The summed E-state index contributed by atoms with van der Waals surface area (Å²) in [4.78, 5) is 14.5. The molecule has 0 aliphatic carbocycles. The molecule has 112 valence electrons. The van der Waals surface area contributed by atoms with Crippen LogP contribution in [-0.2, 0) is 6.54 Å². The standard InChI is InChI=1S/C18H17NO3/c1-14(15-7-3-2-4-8-15)19(13-16-9-5-11-21-16)18(20)17-10-6-12-22-17/h2-12,14H,13H2,1H3/t14-/m1/s1. The van der Waals surface area contributed by atoms with E-state index in [9.17, 15) is 4.79 Å². The Morgan fingerprint density at radius 3 is 2.36 bits per heavy atom. The van der Waals surface area contributed by atoms with Gasteiger partial charge < -0.3 is 13.7 Å². The van der Waals surface area contributed by atoms with E-state index in [1.807, 2.05) is 49.4 Å². The van der Waals surface area contributed by atoms with Crippen LogP contribution >= 0.6 is 0 Å². The zero-order valence-electron chi connectivity index (χ0n) is 12.3. The number of hydrogen-bond acceptors (Lipinski definition) is 3. The van der Waals surface area contributed by atoms with Crippen molar-refractivity contribution >= 4 is 5.91 Å². The van der Waals surface area contributed by atoms with Gasteiger partial charge in [-0.05, 0) is 36.8 Å². The molecular formula is C18H17NO3. The topological polar surface area (TPSA) is 46.6 Å². The van der Waals surface area contributed by atoms with Gasteiger partial charge in [0, 0.05) is 0 Å². The molecule has 0 fully saturated rings. The van der Waals surface area contributed by atoms with Gasteiger partial charge in [-0.1, -0.05) is 30.3 Å². The summed E-state index contributed by atoms with van der Waals surface area (Å²) in [6.45, 7) is 2.39. The van der Waals surface area contributed by atoms with Crippen LogP contribution in [0.5, 0.6) is 0 Å². The number of hydrogen-bond donors (Lipinski definition) is 0. The predicted octanol–water partition coefficient (Wildman–Crippen LogP) is 4.28. The van der Waals surface area contributed by atoms with Crippen molar-refractivity contribution in [1.82, 2.24) is 4.90 Å². The van der Waals surface area contributed by atoms with Crippen molar-refractivity contribution in [1.29, 1.82) is 0 Å².